The van der Waals surface area contributed by atoms with Crippen molar-refractivity contribution in [1.29, 1.82) is 0 Å². The molecule has 1 aliphatic rings. The molecule has 0 aromatic heterocycles. The van der Waals surface area contributed by atoms with Gasteiger partial charge in [-0.15, -0.1) is 0 Å². The predicted octanol–water partition coefficient (Wildman–Crippen LogP) is 4.62. The van der Waals surface area contributed by atoms with Crippen LogP contribution in [0.25, 0.3) is 0 Å². The third-order valence-electron chi connectivity index (χ3n) is 4.67. The highest BCUT2D eigenvalue weighted by atomic mass is 14.7. The molecule has 1 nitrogen and oxygen atoms in total. The van der Waals surface area contributed by atoms with Gasteiger partial charge in [0.1, 0.15) is 0 Å². The lowest BCUT2D eigenvalue weighted by molar-refractivity contribution is 0.355. The number of hydrogen-bond donors (Lipinski definition) is 1. The molecule has 0 amide bonds. The van der Waals surface area contributed by atoms with Crippen LogP contribution in [0.2, 0.25) is 0 Å². The Balaban J connectivity index is 1.98. The Kier molecular flexibility index (Phi) is 5.04. The smallest absolute Gasteiger partial charge is 0.0195 e. The van der Waals surface area contributed by atoms with Crippen LogP contribution in [-0.4, -0.2) is 5.54 Å². The second-order valence-electron chi connectivity index (χ2n) is 6.61. The molecule has 1 aromatic rings. The molecule has 2 rings (SSSR count). The minimum Gasteiger partial charge on any atom is -0.325 e. The first-order valence-corrected chi connectivity index (χ1v) is 7.96. The van der Waals surface area contributed by atoms with Crippen LogP contribution < -0.4 is 5.73 Å². The summed E-state index contributed by atoms with van der Waals surface area (Å²) in [5.41, 5.74) is 9.50. The standard InChI is InChI=1S/C18H29N/c1-3-6-16-9-5-11-18(19,12-10-16)14-17-8-4-7-15(2)13-17/h4,7-8,13,16H,3,5-6,9-12,14,19H2,1-2H3. The van der Waals surface area contributed by atoms with E-state index in [0.29, 0.717) is 0 Å². The summed E-state index contributed by atoms with van der Waals surface area (Å²) < 4.78 is 0. The first-order chi connectivity index (χ1) is 9.11. The summed E-state index contributed by atoms with van der Waals surface area (Å²) >= 11 is 0. The SMILES string of the molecule is CCCC1CCCC(N)(Cc2cccc(C)c2)CC1. The van der Waals surface area contributed by atoms with Crippen LogP contribution in [0.4, 0.5) is 0 Å². The molecule has 0 bridgehead atoms. The highest BCUT2D eigenvalue weighted by Gasteiger charge is 2.29. The molecule has 0 radical (unpaired) electrons. The van der Waals surface area contributed by atoms with E-state index in [2.05, 4.69) is 38.1 Å². The Morgan fingerprint density at radius 3 is 2.84 bits per heavy atom. The van der Waals surface area contributed by atoms with Crippen molar-refractivity contribution in [2.24, 2.45) is 11.7 Å². The van der Waals surface area contributed by atoms with E-state index in [1.807, 2.05) is 0 Å². The van der Waals surface area contributed by atoms with Crippen molar-refractivity contribution in [2.75, 3.05) is 0 Å². The van der Waals surface area contributed by atoms with Crippen LogP contribution in [0, 0.1) is 12.8 Å². The fourth-order valence-corrected chi connectivity index (χ4v) is 3.61. The van der Waals surface area contributed by atoms with Gasteiger partial charge < -0.3 is 5.73 Å². The summed E-state index contributed by atoms with van der Waals surface area (Å²) in [5, 5.41) is 0. The summed E-state index contributed by atoms with van der Waals surface area (Å²) in [5.74, 6) is 0.924. The number of hydrogen-bond acceptors (Lipinski definition) is 1. The van der Waals surface area contributed by atoms with E-state index in [1.165, 1.54) is 56.1 Å². The zero-order chi connectivity index (χ0) is 13.7. The van der Waals surface area contributed by atoms with Gasteiger partial charge in [-0.3, -0.25) is 0 Å². The summed E-state index contributed by atoms with van der Waals surface area (Å²) in [6.45, 7) is 4.46. The van der Waals surface area contributed by atoms with Gasteiger partial charge in [-0.05, 0) is 44.1 Å². The van der Waals surface area contributed by atoms with Crippen LogP contribution >= 0.6 is 0 Å². The van der Waals surface area contributed by atoms with E-state index in [9.17, 15) is 0 Å². The average molecular weight is 259 g/mol. The molecule has 1 aliphatic carbocycles. The molecule has 1 saturated carbocycles. The van der Waals surface area contributed by atoms with Gasteiger partial charge in [0.2, 0.25) is 0 Å². The third-order valence-corrected chi connectivity index (χ3v) is 4.67. The lowest BCUT2D eigenvalue weighted by Gasteiger charge is -2.28. The van der Waals surface area contributed by atoms with Gasteiger partial charge in [0.15, 0.2) is 0 Å². The van der Waals surface area contributed by atoms with Crippen LogP contribution in [0.3, 0.4) is 0 Å². The van der Waals surface area contributed by atoms with Gasteiger partial charge in [0.25, 0.3) is 0 Å². The Morgan fingerprint density at radius 1 is 1.26 bits per heavy atom. The van der Waals surface area contributed by atoms with E-state index >= 15 is 0 Å². The van der Waals surface area contributed by atoms with Gasteiger partial charge in [-0.1, -0.05) is 62.4 Å². The largest absolute Gasteiger partial charge is 0.325 e. The first-order valence-electron chi connectivity index (χ1n) is 7.96. The predicted molar refractivity (Wildman–Crippen MR) is 83.3 cm³/mol. The zero-order valence-corrected chi connectivity index (χ0v) is 12.6. The molecule has 106 valence electrons. The van der Waals surface area contributed by atoms with E-state index in [0.717, 1.165) is 12.3 Å². The summed E-state index contributed by atoms with van der Waals surface area (Å²) in [4.78, 5) is 0. The molecule has 1 fully saturated rings. The quantitative estimate of drug-likeness (QED) is 0.785. The Bertz CT molecular complexity index is 398. The molecule has 0 heterocycles. The van der Waals surface area contributed by atoms with Crippen LogP contribution in [-0.2, 0) is 6.42 Å². The molecule has 0 aliphatic heterocycles. The molecule has 0 spiro atoms. The van der Waals surface area contributed by atoms with Crippen molar-refractivity contribution in [3.8, 4) is 0 Å². The monoisotopic (exact) mass is 259 g/mol. The van der Waals surface area contributed by atoms with E-state index in [-0.39, 0.29) is 5.54 Å². The fourth-order valence-electron chi connectivity index (χ4n) is 3.61. The summed E-state index contributed by atoms with van der Waals surface area (Å²) in [6.07, 6.45) is 10.2. The molecule has 1 aromatic carbocycles. The van der Waals surface area contributed by atoms with Gasteiger partial charge in [0.05, 0.1) is 0 Å². The second kappa shape index (κ2) is 6.56. The minimum atomic E-state index is 0.0380. The molecule has 2 N–H and O–H groups in total. The Morgan fingerprint density at radius 2 is 2.11 bits per heavy atom. The fraction of sp³-hybridized carbons (Fsp3) is 0.667. The normalized spacial score (nSPS) is 28.1. The minimum absolute atomic E-state index is 0.0380. The number of rotatable bonds is 4. The van der Waals surface area contributed by atoms with Gasteiger partial charge in [-0.2, -0.15) is 0 Å². The van der Waals surface area contributed by atoms with Crippen LogP contribution in [0.5, 0.6) is 0 Å². The van der Waals surface area contributed by atoms with Crippen molar-refractivity contribution < 1.29 is 0 Å². The van der Waals surface area contributed by atoms with Crippen molar-refractivity contribution in [3.05, 3.63) is 35.4 Å². The lowest BCUT2D eigenvalue weighted by Crippen LogP contribution is -2.41. The van der Waals surface area contributed by atoms with Crippen molar-refractivity contribution >= 4 is 0 Å². The van der Waals surface area contributed by atoms with Crippen LogP contribution in [0.15, 0.2) is 24.3 Å². The highest BCUT2D eigenvalue weighted by molar-refractivity contribution is 5.24. The maximum atomic E-state index is 6.70. The summed E-state index contributed by atoms with van der Waals surface area (Å²) in [6, 6.07) is 8.85. The van der Waals surface area contributed by atoms with Crippen molar-refractivity contribution in [3.63, 3.8) is 0 Å². The average Bonchev–Trinajstić information content (AvgIpc) is 2.53. The lowest BCUT2D eigenvalue weighted by atomic mass is 9.84. The van der Waals surface area contributed by atoms with E-state index in [1.54, 1.807) is 0 Å². The maximum Gasteiger partial charge on any atom is 0.0195 e. The highest BCUT2D eigenvalue weighted by Crippen LogP contribution is 2.33. The first kappa shape index (κ1) is 14.6. The van der Waals surface area contributed by atoms with E-state index in [4.69, 9.17) is 5.73 Å². The Hall–Kier alpha value is -0.820. The molecular weight excluding hydrogens is 230 g/mol. The van der Waals surface area contributed by atoms with Crippen LogP contribution in [0.1, 0.15) is 63.0 Å². The summed E-state index contributed by atoms with van der Waals surface area (Å²) in [7, 11) is 0. The molecular formula is C18H29N. The van der Waals surface area contributed by atoms with Crippen molar-refractivity contribution in [1.82, 2.24) is 0 Å². The zero-order valence-electron chi connectivity index (χ0n) is 12.6. The van der Waals surface area contributed by atoms with E-state index < -0.39 is 0 Å². The third kappa shape index (κ3) is 4.35. The molecule has 19 heavy (non-hydrogen) atoms. The Labute approximate surface area is 118 Å². The van der Waals surface area contributed by atoms with Crippen molar-refractivity contribution in [2.45, 2.75) is 70.8 Å². The molecule has 2 atom stereocenters. The number of benzene rings is 1. The molecule has 2 unspecified atom stereocenters. The molecule has 1 heteroatoms. The number of nitrogens with two attached hydrogens (primary N) is 1. The molecule has 0 saturated heterocycles. The maximum absolute atomic E-state index is 6.70. The second-order valence-corrected chi connectivity index (χ2v) is 6.61. The van der Waals surface area contributed by atoms with Gasteiger partial charge >= 0.3 is 0 Å². The topological polar surface area (TPSA) is 26.0 Å². The van der Waals surface area contributed by atoms with Gasteiger partial charge in [-0.25, -0.2) is 0 Å². The number of aryl methyl sites for hydroxylation is 1. The van der Waals surface area contributed by atoms with Gasteiger partial charge in [0, 0.05) is 5.54 Å².